The molecule has 0 unspecified atom stereocenters. The maximum atomic E-state index is 12.5. The highest BCUT2D eigenvalue weighted by Gasteiger charge is 2.14. The Labute approximate surface area is 160 Å². The number of benzene rings is 2. The van der Waals surface area contributed by atoms with Crippen LogP contribution in [-0.2, 0) is 10.0 Å². The molecule has 0 saturated heterocycles. The number of sulfonamides is 1. The lowest BCUT2D eigenvalue weighted by Gasteiger charge is -2.11. The molecular formula is C19H25N3O4S. The van der Waals surface area contributed by atoms with Crippen molar-refractivity contribution < 1.29 is 17.9 Å². The Morgan fingerprint density at radius 3 is 2.15 bits per heavy atom. The number of amides is 2. The topological polar surface area (TPSA) is 96.5 Å². The van der Waals surface area contributed by atoms with Crippen LogP contribution in [0.2, 0.25) is 0 Å². The van der Waals surface area contributed by atoms with E-state index in [-0.39, 0.29) is 10.9 Å². The van der Waals surface area contributed by atoms with Gasteiger partial charge in [0.05, 0.1) is 11.5 Å². The summed E-state index contributed by atoms with van der Waals surface area (Å²) >= 11 is 0. The quantitative estimate of drug-likeness (QED) is 0.640. The van der Waals surface area contributed by atoms with E-state index in [0.717, 1.165) is 0 Å². The van der Waals surface area contributed by atoms with Crippen LogP contribution in [0, 0.1) is 5.92 Å². The Kier molecular flexibility index (Phi) is 7.06. The zero-order chi connectivity index (χ0) is 19.9. The van der Waals surface area contributed by atoms with E-state index in [4.69, 9.17) is 4.74 Å². The van der Waals surface area contributed by atoms with Gasteiger partial charge in [-0.1, -0.05) is 13.8 Å². The number of hydrogen-bond acceptors (Lipinski definition) is 4. The summed E-state index contributed by atoms with van der Waals surface area (Å²) in [5.74, 6) is 1.02. The molecule has 0 heterocycles. The Morgan fingerprint density at radius 2 is 1.59 bits per heavy atom. The summed E-state index contributed by atoms with van der Waals surface area (Å²) in [5.41, 5.74) is 0.949. The molecule has 0 aromatic heterocycles. The van der Waals surface area contributed by atoms with E-state index in [1.54, 1.807) is 36.4 Å². The van der Waals surface area contributed by atoms with Crippen molar-refractivity contribution >= 4 is 27.4 Å². The molecule has 0 aliphatic rings. The van der Waals surface area contributed by atoms with Crippen molar-refractivity contribution in [3.8, 4) is 5.75 Å². The molecule has 7 nitrogen and oxygen atoms in total. The highest BCUT2D eigenvalue weighted by Crippen LogP contribution is 2.20. The van der Waals surface area contributed by atoms with Gasteiger partial charge in [0.2, 0.25) is 0 Å². The molecule has 3 N–H and O–H groups in total. The average Bonchev–Trinajstić information content (AvgIpc) is 2.62. The summed E-state index contributed by atoms with van der Waals surface area (Å²) in [6, 6.07) is 12.3. The number of urea groups is 1. The molecule has 0 saturated carbocycles. The van der Waals surface area contributed by atoms with Gasteiger partial charge >= 0.3 is 6.03 Å². The second-order valence-corrected chi connectivity index (χ2v) is 8.00. The molecule has 0 spiro atoms. The van der Waals surface area contributed by atoms with Crippen molar-refractivity contribution in [1.29, 1.82) is 0 Å². The average molecular weight is 391 g/mol. The number of ether oxygens (including phenoxy) is 1. The van der Waals surface area contributed by atoms with Crippen molar-refractivity contribution in [3.63, 3.8) is 0 Å². The lowest BCUT2D eigenvalue weighted by molar-refractivity contribution is 0.251. The zero-order valence-corrected chi connectivity index (χ0v) is 16.5. The monoisotopic (exact) mass is 391 g/mol. The highest BCUT2D eigenvalue weighted by atomic mass is 32.2. The van der Waals surface area contributed by atoms with Crippen LogP contribution < -0.4 is 20.1 Å². The van der Waals surface area contributed by atoms with Gasteiger partial charge in [-0.3, -0.25) is 4.72 Å². The summed E-state index contributed by atoms with van der Waals surface area (Å²) in [6.07, 6.45) is 0. The third-order valence-electron chi connectivity index (χ3n) is 3.51. The van der Waals surface area contributed by atoms with Crippen LogP contribution in [0.5, 0.6) is 5.75 Å². The molecule has 0 atom stereocenters. The SMILES string of the molecule is CCOc1ccc(NS(=O)(=O)c2ccc(NC(=O)NCC(C)C)cc2)cc1. The van der Waals surface area contributed by atoms with E-state index in [0.29, 0.717) is 36.2 Å². The molecule has 0 bridgehead atoms. The van der Waals surface area contributed by atoms with E-state index in [2.05, 4.69) is 15.4 Å². The van der Waals surface area contributed by atoms with E-state index in [9.17, 15) is 13.2 Å². The second-order valence-electron chi connectivity index (χ2n) is 6.32. The Morgan fingerprint density at radius 1 is 1.00 bits per heavy atom. The Hall–Kier alpha value is -2.74. The van der Waals surface area contributed by atoms with Crippen LogP contribution in [-0.4, -0.2) is 27.6 Å². The summed E-state index contributed by atoms with van der Waals surface area (Å²) in [7, 11) is -3.72. The fourth-order valence-electron chi connectivity index (χ4n) is 2.19. The second kappa shape index (κ2) is 9.27. The van der Waals surface area contributed by atoms with Crippen molar-refractivity contribution in [3.05, 3.63) is 48.5 Å². The zero-order valence-electron chi connectivity index (χ0n) is 15.7. The lowest BCUT2D eigenvalue weighted by Crippen LogP contribution is -2.31. The molecule has 2 amide bonds. The lowest BCUT2D eigenvalue weighted by atomic mass is 10.2. The van der Waals surface area contributed by atoms with Crippen molar-refractivity contribution in [2.45, 2.75) is 25.7 Å². The summed E-state index contributed by atoms with van der Waals surface area (Å²) in [5, 5.41) is 5.40. The molecule has 0 radical (unpaired) electrons. The highest BCUT2D eigenvalue weighted by molar-refractivity contribution is 7.92. The first-order chi connectivity index (χ1) is 12.8. The minimum atomic E-state index is -3.72. The van der Waals surface area contributed by atoms with Crippen molar-refractivity contribution in [2.75, 3.05) is 23.2 Å². The minimum absolute atomic E-state index is 0.101. The van der Waals surface area contributed by atoms with Gasteiger partial charge in [-0.2, -0.15) is 0 Å². The number of rotatable bonds is 8. The largest absolute Gasteiger partial charge is 0.494 e. The smallest absolute Gasteiger partial charge is 0.319 e. The van der Waals surface area contributed by atoms with E-state index < -0.39 is 10.0 Å². The summed E-state index contributed by atoms with van der Waals surface area (Å²) in [6.45, 7) is 6.98. The van der Waals surface area contributed by atoms with Crippen LogP contribution in [0.25, 0.3) is 0 Å². The fraction of sp³-hybridized carbons (Fsp3) is 0.316. The van der Waals surface area contributed by atoms with Gasteiger partial charge < -0.3 is 15.4 Å². The van der Waals surface area contributed by atoms with Crippen LogP contribution >= 0.6 is 0 Å². The molecule has 146 valence electrons. The van der Waals surface area contributed by atoms with Crippen LogP contribution in [0.1, 0.15) is 20.8 Å². The molecule has 2 aromatic rings. The maximum absolute atomic E-state index is 12.5. The molecule has 2 rings (SSSR count). The molecule has 27 heavy (non-hydrogen) atoms. The summed E-state index contributed by atoms with van der Waals surface area (Å²) < 4.78 is 32.8. The molecule has 0 fully saturated rings. The van der Waals surface area contributed by atoms with Gasteiger partial charge in [0, 0.05) is 17.9 Å². The first kappa shape index (κ1) is 20.6. The van der Waals surface area contributed by atoms with Crippen molar-refractivity contribution in [1.82, 2.24) is 5.32 Å². The van der Waals surface area contributed by atoms with Gasteiger partial charge in [-0.15, -0.1) is 0 Å². The molecule has 8 heteroatoms. The molecule has 2 aromatic carbocycles. The maximum Gasteiger partial charge on any atom is 0.319 e. The number of anilines is 2. The minimum Gasteiger partial charge on any atom is -0.494 e. The molecule has 0 aliphatic carbocycles. The van der Waals surface area contributed by atoms with E-state index in [1.165, 1.54) is 12.1 Å². The number of hydrogen-bond donors (Lipinski definition) is 3. The number of carbonyl (C=O) groups excluding carboxylic acids is 1. The fourth-order valence-corrected chi connectivity index (χ4v) is 3.25. The first-order valence-corrected chi connectivity index (χ1v) is 10.2. The van der Waals surface area contributed by atoms with Gasteiger partial charge in [0.1, 0.15) is 5.75 Å². The predicted molar refractivity (Wildman–Crippen MR) is 107 cm³/mol. The van der Waals surface area contributed by atoms with E-state index in [1.807, 2.05) is 20.8 Å². The third kappa shape index (κ3) is 6.49. The Balaban J connectivity index is 2.00. The molecule has 0 aliphatic heterocycles. The number of carbonyl (C=O) groups is 1. The molecular weight excluding hydrogens is 366 g/mol. The van der Waals surface area contributed by atoms with Crippen molar-refractivity contribution in [2.24, 2.45) is 5.92 Å². The third-order valence-corrected chi connectivity index (χ3v) is 4.91. The van der Waals surface area contributed by atoms with E-state index >= 15 is 0 Å². The van der Waals surface area contributed by atoms with Gasteiger partial charge in [-0.25, -0.2) is 13.2 Å². The normalized spacial score (nSPS) is 11.1. The standard InChI is InChI=1S/C19H25N3O4S/c1-4-26-17-9-5-16(6-10-17)22-27(24,25)18-11-7-15(8-12-18)21-19(23)20-13-14(2)3/h5-12,14,22H,4,13H2,1-3H3,(H2,20,21,23). The Bertz CT molecular complexity index is 848. The van der Waals surface area contributed by atoms with Gasteiger partial charge in [0.25, 0.3) is 10.0 Å². The first-order valence-electron chi connectivity index (χ1n) is 8.70. The van der Waals surface area contributed by atoms with Gasteiger partial charge in [-0.05, 0) is 61.4 Å². The predicted octanol–water partition coefficient (Wildman–Crippen LogP) is 3.66. The van der Waals surface area contributed by atoms with Crippen LogP contribution in [0.15, 0.2) is 53.4 Å². The summed E-state index contributed by atoms with van der Waals surface area (Å²) in [4.78, 5) is 11.9. The number of nitrogens with one attached hydrogen (secondary N) is 3. The van der Waals surface area contributed by atoms with Crippen LogP contribution in [0.4, 0.5) is 16.2 Å². The van der Waals surface area contributed by atoms with Gasteiger partial charge in [0.15, 0.2) is 0 Å². The van der Waals surface area contributed by atoms with Crippen LogP contribution in [0.3, 0.4) is 0 Å².